The Bertz CT molecular complexity index is 590. The van der Waals surface area contributed by atoms with Gasteiger partial charge in [0.2, 0.25) is 0 Å². The highest BCUT2D eigenvalue weighted by Crippen LogP contribution is 2.31. The van der Waals surface area contributed by atoms with Crippen molar-refractivity contribution in [1.29, 1.82) is 0 Å². The molecule has 0 bridgehead atoms. The molecule has 0 N–H and O–H groups in total. The van der Waals surface area contributed by atoms with E-state index in [4.69, 9.17) is 16.6 Å². The zero-order valence-corrected chi connectivity index (χ0v) is 13.6. The largest absolute Gasteiger partial charge is 0.328 e. The lowest BCUT2D eigenvalue weighted by atomic mass is 9.95. The van der Waals surface area contributed by atoms with E-state index in [1.54, 1.807) is 0 Å². The number of halogens is 1. The summed E-state index contributed by atoms with van der Waals surface area (Å²) in [5.74, 6) is 1.82. The number of fused-ring (bicyclic) bond motifs is 1. The molecule has 2 nitrogen and oxygen atoms in total. The van der Waals surface area contributed by atoms with Crippen molar-refractivity contribution in [3.63, 3.8) is 0 Å². The van der Waals surface area contributed by atoms with Crippen LogP contribution < -0.4 is 0 Å². The lowest BCUT2D eigenvalue weighted by Crippen LogP contribution is -2.18. The van der Waals surface area contributed by atoms with Gasteiger partial charge in [0, 0.05) is 18.3 Å². The van der Waals surface area contributed by atoms with Crippen LogP contribution in [0.4, 0.5) is 0 Å². The molecule has 1 heterocycles. The standard InChI is InChI=1S/C18H25ClN2/c1-2-12-21-17-11-7-6-10-16(17)20-18(21)13-14-8-4-3-5-9-15(14)19/h6-7,10-11,14-15H,2-5,8-9,12-13H2,1H3. The van der Waals surface area contributed by atoms with E-state index >= 15 is 0 Å². The number of aryl methyl sites for hydroxylation is 1. The summed E-state index contributed by atoms with van der Waals surface area (Å²) in [5.41, 5.74) is 2.40. The van der Waals surface area contributed by atoms with Crippen molar-refractivity contribution in [1.82, 2.24) is 9.55 Å². The van der Waals surface area contributed by atoms with E-state index < -0.39 is 0 Å². The smallest absolute Gasteiger partial charge is 0.110 e. The van der Waals surface area contributed by atoms with Gasteiger partial charge in [-0.1, -0.05) is 38.3 Å². The minimum absolute atomic E-state index is 0.322. The molecule has 1 aromatic carbocycles. The van der Waals surface area contributed by atoms with Crippen LogP contribution in [0.25, 0.3) is 11.0 Å². The second-order valence-electron chi connectivity index (χ2n) is 6.29. The Labute approximate surface area is 132 Å². The monoisotopic (exact) mass is 304 g/mol. The molecule has 1 aromatic heterocycles. The molecule has 1 aliphatic carbocycles. The number of aromatic nitrogens is 2. The molecular weight excluding hydrogens is 280 g/mol. The van der Waals surface area contributed by atoms with E-state index in [0.29, 0.717) is 11.3 Å². The Morgan fingerprint density at radius 3 is 2.86 bits per heavy atom. The van der Waals surface area contributed by atoms with E-state index in [1.165, 1.54) is 43.4 Å². The van der Waals surface area contributed by atoms with Gasteiger partial charge in [0.15, 0.2) is 0 Å². The molecule has 3 rings (SSSR count). The van der Waals surface area contributed by atoms with Crippen molar-refractivity contribution in [3.8, 4) is 0 Å². The Balaban J connectivity index is 1.89. The predicted molar refractivity (Wildman–Crippen MR) is 89.9 cm³/mol. The minimum Gasteiger partial charge on any atom is -0.328 e. The van der Waals surface area contributed by atoms with Crippen LogP contribution in [0.3, 0.4) is 0 Å². The van der Waals surface area contributed by atoms with Gasteiger partial charge in [0.1, 0.15) is 5.82 Å². The summed E-state index contributed by atoms with van der Waals surface area (Å²) in [6, 6.07) is 8.49. The van der Waals surface area contributed by atoms with Crippen LogP contribution >= 0.6 is 11.6 Å². The number of hydrogen-bond acceptors (Lipinski definition) is 1. The number of hydrogen-bond donors (Lipinski definition) is 0. The molecule has 2 aromatic rings. The Morgan fingerprint density at radius 1 is 1.19 bits per heavy atom. The summed E-state index contributed by atoms with van der Waals surface area (Å²) >= 11 is 6.63. The van der Waals surface area contributed by atoms with Crippen molar-refractivity contribution in [2.24, 2.45) is 5.92 Å². The molecule has 2 unspecified atom stereocenters. The van der Waals surface area contributed by atoms with Crippen molar-refractivity contribution >= 4 is 22.6 Å². The predicted octanol–water partition coefficient (Wildman–Crippen LogP) is 5.18. The van der Waals surface area contributed by atoms with Crippen molar-refractivity contribution in [2.45, 2.75) is 63.8 Å². The van der Waals surface area contributed by atoms with Crippen LogP contribution in [0.15, 0.2) is 24.3 Å². The van der Waals surface area contributed by atoms with Crippen molar-refractivity contribution in [3.05, 3.63) is 30.1 Å². The zero-order chi connectivity index (χ0) is 14.7. The maximum atomic E-state index is 6.63. The molecule has 0 spiro atoms. The molecule has 1 aliphatic rings. The van der Waals surface area contributed by atoms with E-state index in [2.05, 4.69) is 35.8 Å². The average Bonchev–Trinajstić information content (AvgIpc) is 2.70. The summed E-state index contributed by atoms with van der Waals surface area (Å²) < 4.78 is 2.41. The van der Waals surface area contributed by atoms with Crippen LogP contribution in [0.5, 0.6) is 0 Å². The summed E-state index contributed by atoms with van der Waals surface area (Å²) in [5, 5.41) is 0.322. The van der Waals surface area contributed by atoms with Crippen LogP contribution in [0, 0.1) is 5.92 Å². The van der Waals surface area contributed by atoms with Crippen molar-refractivity contribution in [2.75, 3.05) is 0 Å². The van der Waals surface area contributed by atoms with Gasteiger partial charge >= 0.3 is 0 Å². The Morgan fingerprint density at radius 2 is 2.00 bits per heavy atom. The number of nitrogens with zero attached hydrogens (tertiary/aromatic N) is 2. The minimum atomic E-state index is 0.322. The van der Waals surface area contributed by atoms with Gasteiger partial charge in [0.25, 0.3) is 0 Å². The number of alkyl halides is 1. The number of rotatable bonds is 4. The van der Waals surface area contributed by atoms with E-state index in [1.807, 2.05) is 0 Å². The normalized spacial score (nSPS) is 23.3. The van der Waals surface area contributed by atoms with E-state index in [9.17, 15) is 0 Å². The fourth-order valence-corrected chi connectivity index (χ4v) is 3.93. The lowest BCUT2D eigenvalue weighted by molar-refractivity contribution is 0.445. The third-order valence-corrected chi connectivity index (χ3v) is 5.27. The maximum absolute atomic E-state index is 6.63. The SMILES string of the molecule is CCCn1c(CC2CCCCCC2Cl)nc2ccccc21. The molecule has 21 heavy (non-hydrogen) atoms. The fraction of sp³-hybridized carbons (Fsp3) is 0.611. The first-order valence-corrected chi connectivity index (χ1v) is 8.81. The second kappa shape index (κ2) is 6.83. The summed E-state index contributed by atoms with van der Waals surface area (Å²) in [6.07, 6.45) is 8.54. The number of imidazole rings is 1. The first-order chi connectivity index (χ1) is 10.3. The first-order valence-electron chi connectivity index (χ1n) is 8.37. The van der Waals surface area contributed by atoms with Gasteiger partial charge in [0.05, 0.1) is 11.0 Å². The second-order valence-corrected chi connectivity index (χ2v) is 6.85. The molecule has 2 atom stereocenters. The lowest BCUT2D eigenvalue weighted by Gasteiger charge is -2.19. The van der Waals surface area contributed by atoms with Gasteiger partial charge < -0.3 is 4.57 Å². The number of para-hydroxylation sites is 2. The van der Waals surface area contributed by atoms with Crippen molar-refractivity contribution < 1.29 is 0 Å². The molecule has 1 saturated carbocycles. The highest BCUT2D eigenvalue weighted by molar-refractivity contribution is 6.20. The van der Waals surface area contributed by atoms with E-state index in [0.717, 1.165) is 24.9 Å². The highest BCUT2D eigenvalue weighted by Gasteiger charge is 2.24. The summed E-state index contributed by atoms with van der Waals surface area (Å²) in [7, 11) is 0. The molecule has 3 heteroatoms. The number of benzene rings is 1. The van der Waals surface area contributed by atoms with Gasteiger partial charge in [-0.2, -0.15) is 0 Å². The van der Waals surface area contributed by atoms with Crippen LogP contribution in [0.1, 0.15) is 51.3 Å². The molecule has 0 radical (unpaired) electrons. The quantitative estimate of drug-likeness (QED) is 0.562. The topological polar surface area (TPSA) is 17.8 Å². The van der Waals surface area contributed by atoms with Crippen LogP contribution in [-0.2, 0) is 13.0 Å². The van der Waals surface area contributed by atoms with Gasteiger partial charge in [-0.15, -0.1) is 11.6 Å². The molecule has 0 amide bonds. The Kier molecular flexibility index (Phi) is 4.84. The summed E-state index contributed by atoms with van der Waals surface area (Å²) in [6.45, 7) is 3.28. The fourth-order valence-electron chi connectivity index (χ4n) is 3.56. The first kappa shape index (κ1) is 14.9. The highest BCUT2D eigenvalue weighted by atomic mass is 35.5. The van der Waals surface area contributed by atoms with Gasteiger partial charge in [-0.05, 0) is 37.3 Å². The van der Waals surface area contributed by atoms with Gasteiger partial charge in [-0.25, -0.2) is 4.98 Å². The molecular formula is C18H25ClN2. The zero-order valence-electron chi connectivity index (χ0n) is 12.9. The molecule has 1 fully saturated rings. The maximum Gasteiger partial charge on any atom is 0.110 e. The van der Waals surface area contributed by atoms with Gasteiger partial charge in [-0.3, -0.25) is 0 Å². The average molecular weight is 305 g/mol. The molecule has 114 valence electrons. The van der Waals surface area contributed by atoms with E-state index in [-0.39, 0.29) is 0 Å². The third-order valence-electron chi connectivity index (χ3n) is 4.69. The third kappa shape index (κ3) is 3.26. The molecule has 0 saturated heterocycles. The Hall–Kier alpha value is -1.02. The molecule has 0 aliphatic heterocycles. The summed E-state index contributed by atoms with van der Waals surface area (Å²) in [4.78, 5) is 4.89. The van der Waals surface area contributed by atoms with Crippen LogP contribution in [0.2, 0.25) is 0 Å². The van der Waals surface area contributed by atoms with Crippen LogP contribution in [-0.4, -0.2) is 14.9 Å².